The number of ether oxygens (including phenoxy) is 1. The Morgan fingerprint density at radius 2 is 2.32 bits per heavy atom. The van der Waals surface area contributed by atoms with Gasteiger partial charge in [0.2, 0.25) is 5.91 Å². The Morgan fingerprint density at radius 1 is 1.58 bits per heavy atom. The molecule has 0 aliphatic carbocycles. The largest absolute Gasteiger partial charge is 0.383 e. The van der Waals surface area contributed by atoms with Crippen LogP contribution in [0.15, 0.2) is 6.20 Å². The smallest absolute Gasteiger partial charge is 0.223 e. The van der Waals surface area contributed by atoms with Gasteiger partial charge in [0.15, 0.2) is 0 Å². The first-order chi connectivity index (χ1) is 9.10. The van der Waals surface area contributed by atoms with E-state index >= 15 is 0 Å². The molecule has 1 aliphatic rings. The van der Waals surface area contributed by atoms with E-state index in [1.807, 2.05) is 29.7 Å². The summed E-state index contributed by atoms with van der Waals surface area (Å²) in [5.74, 6) is 0.313. The van der Waals surface area contributed by atoms with Crippen molar-refractivity contribution in [2.75, 3.05) is 26.8 Å². The van der Waals surface area contributed by atoms with Gasteiger partial charge in [-0.1, -0.05) is 0 Å². The van der Waals surface area contributed by atoms with Crippen molar-refractivity contribution in [1.82, 2.24) is 14.7 Å². The number of aromatic nitrogens is 2. The Morgan fingerprint density at radius 3 is 2.84 bits per heavy atom. The summed E-state index contributed by atoms with van der Waals surface area (Å²) < 4.78 is 6.93. The van der Waals surface area contributed by atoms with E-state index in [2.05, 4.69) is 5.10 Å². The monoisotopic (exact) mass is 266 g/mol. The number of nitrogens with two attached hydrogens (primary N) is 1. The standard InChI is InChI=1S/C13H22N4O2/c1-9-11(8-15-16(9)2)13-10(7-14)6-12(18)17(13)4-5-19-3/h8,10,13H,4-7,14H2,1-3H3/t10-,13+/m0/s1. The SMILES string of the molecule is COCCN1C(=O)C[C@@H](CN)[C@@H]1c1cnn(C)c1C. The summed E-state index contributed by atoms with van der Waals surface area (Å²) in [6, 6.07) is 0.0290. The van der Waals surface area contributed by atoms with Crippen LogP contribution in [-0.4, -0.2) is 47.4 Å². The van der Waals surface area contributed by atoms with Crippen LogP contribution in [0.25, 0.3) is 0 Å². The van der Waals surface area contributed by atoms with Crippen molar-refractivity contribution in [2.24, 2.45) is 18.7 Å². The van der Waals surface area contributed by atoms with E-state index in [9.17, 15) is 4.79 Å². The number of hydrogen-bond acceptors (Lipinski definition) is 4. The molecular weight excluding hydrogens is 244 g/mol. The number of amides is 1. The van der Waals surface area contributed by atoms with Gasteiger partial charge in [-0.05, 0) is 13.5 Å². The lowest BCUT2D eigenvalue weighted by atomic mass is 9.94. The van der Waals surface area contributed by atoms with Crippen LogP contribution in [0.2, 0.25) is 0 Å². The summed E-state index contributed by atoms with van der Waals surface area (Å²) in [5, 5.41) is 4.28. The van der Waals surface area contributed by atoms with E-state index in [1.54, 1.807) is 7.11 Å². The van der Waals surface area contributed by atoms with Gasteiger partial charge in [0.05, 0.1) is 18.8 Å². The summed E-state index contributed by atoms with van der Waals surface area (Å²) in [7, 11) is 3.55. The van der Waals surface area contributed by atoms with Crippen LogP contribution >= 0.6 is 0 Å². The molecule has 0 radical (unpaired) electrons. The summed E-state index contributed by atoms with van der Waals surface area (Å²) in [6.07, 6.45) is 2.36. The molecule has 0 spiro atoms. The molecule has 2 N–H and O–H groups in total. The first-order valence-corrected chi connectivity index (χ1v) is 6.57. The molecule has 2 atom stereocenters. The van der Waals surface area contributed by atoms with Gasteiger partial charge >= 0.3 is 0 Å². The zero-order chi connectivity index (χ0) is 14.0. The zero-order valence-electron chi connectivity index (χ0n) is 11.8. The highest BCUT2D eigenvalue weighted by atomic mass is 16.5. The summed E-state index contributed by atoms with van der Waals surface area (Å²) >= 11 is 0. The first kappa shape index (κ1) is 14.0. The van der Waals surface area contributed by atoms with E-state index in [0.29, 0.717) is 26.1 Å². The molecule has 1 aromatic heterocycles. The van der Waals surface area contributed by atoms with Crippen molar-refractivity contribution in [3.05, 3.63) is 17.5 Å². The zero-order valence-corrected chi connectivity index (χ0v) is 11.8. The molecular formula is C13H22N4O2. The molecule has 0 bridgehead atoms. The lowest BCUT2D eigenvalue weighted by Crippen LogP contribution is -2.33. The number of nitrogens with zero attached hydrogens (tertiary/aromatic N) is 3. The highest BCUT2D eigenvalue weighted by molar-refractivity contribution is 5.79. The maximum atomic E-state index is 12.1. The van der Waals surface area contributed by atoms with Gasteiger partial charge in [0.1, 0.15) is 0 Å². The van der Waals surface area contributed by atoms with Gasteiger partial charge < -0.3 is 15.4 Å². The number of likely N-dealkylation sites (tertiary alicyclic amines) is 1. The van der Waals surface area contributed by atoms with Crippen molar-refractivity contribution in [2.45, 2.75) is 19.4 Å². The van der Waals surface area contributed by atoms with Gasteiger partial charge in [-0.2, -0.15) is 5.10 Å². The third-order valence-electron chi connectivity index (χ3n) is 3.97. The van der Waals surface area contributed by atoms with Crippen LogP contribution in [-0.2, 0) is 16.6 Å². The minimum atomic E-state index is 0.0290. The van der Waals surface area contributed by atoms with Crippen molar-refractivity contribution in [1.29, 1.82) is 0 Å². The van der Waals surface area contributed by atoms with E-state index < -0.39 is 0 Å². The van der Waals surface area contributed by atoms with Crippen molar-refractivity contribution in [3.8, 4) is 0 Å². The molecule has 1 amide bonds. The van der Waals surface area contributed by atoms with Crippen LogP contribution in [0.1, 0.15) is 23.7 Å². The minimum absolute atomic E-state index is 0.0290. The van der Waals surface area contributed by atoms with Crippen LogP contribution < -0.4 is 5.73 Å². The fourth-order valence-electron chi connectivity index (χ4n) is 2.76. The number of rotatable bonds is 5. The Kier molecular flexibility index (Phi) is 4.21. The van der Waals surface area contributed by atoms with Crippen LogP contribution in [0.4, 0.5) is 0 Å². The quantitative estimate of drug-likeness (QED) is 0.827. The minimum Gasteiger partial charge on any atom is -0.383 e. The van der Waals surface area contributed by atoms with Crippen molar-refractivity contribution >= 4 is 5.91 Å². The molecule has 6 heteroatoms. The predicted molar refractivity (Wildman–Crippen MR) is 71.4 cm³/mol. The number of carbonyl (C=O) groups is 1. The van der Waals surface area contributed by atoms with Gasteiger partial charge in [0, 0.05) is 44.3 Å². The molecule has 2 rings (SSSR count). The van der Waals surface area contributed by atoms with E-state index in [4.69, 9.17) is 10.5 Å². The molecule has 1 aromatic rings. The van der Waals surface area contributed by atoms with E-state index in [1.165, 1.54) is 0 Å². The summed E-state index contributed by atoms with van der Waals surface area (Å²) in [4.78, 5) is 14.0. The molecule has 1 saturated heterocycles. The maximum Gasteiger partial charge on any atom is 0.223 e. The highest BCUT2D eigenvalue weighted by Crippen LogP contribution is 2.38. The normalized spacial score (nSPS) is 23.4. The number of methoxy groups -OCH3 is 1. The van der Waals surface area contributed by atoms with Gasteiger partial charge in [-0.25, -0.2) is 0 Å². The number of aryl methyl sites for hydroxylation is 1. The first-order valence-electron chi connectivity index (χ1n) is 6.57. The molecule has 1 aliphatic heterocycles. The second kappa shape index (κ2) is 5.71. The third-order valence-corrected chi connectivity index (χ3v) is 3.97. The second-order valence-electron chi connectivity index (χ2n) is 5.03. The fraction of sp³-hybridized carbons (Fsp3) is 0.692. The Balaban J connectivity index is 2.31. The van der Waals surface area contributed by atoms with Crippen LogP contribution in [0.3, 0.4) is 0 Å². The van der Waals surface area contributed by atoms with Crippen molar-refractivity contribution < 1.29 is 9.53 Å². The second-order valence-corrected chi connectivity index (χ2v) is 5.03. The molecule has 19 heavy (non-hydrogen) atoms. The average molecular weight is 266 g/mol. The molecule has 0 aromatic carbocycles. The molecule has 2 heterocycles. The summed E-state index contributed by atoms with van der Waals surface area (Å²) in [6.45, 7) is 3.67. The fourth-order valence-corrected chi connectivity index (χ4v) is 2.76. The molecule has 6 nitrogen and oxygen atoms in total. The highest BCUT2D eigenvalue weighted by Gasteiger charge is 2.40. The van der Waals surface area contributed by atoms with Crippen LogP contribution in [0.5, 0.6) is 0 Å². The Hall–Kier alpha value is -1.40. The van der Waals surface area contributed by atoms with Gasteiger partial charge in [-0.3, -0.25) is 9.48 Å². The topological polar surface area (TPSA) is 73.4 Å². The Labute approximate surface area is 113 Å². The van der Waals surface area contributed by atoms with Crippen LogP contribution in [0, 0.1) is 12.8 Å². The lowest BCUT2D eigenvalue weighted by Gasteiger charge is -2.27. The molecule has 0 saturated carbocycles. The third kappa shape index (κ3) is 2.50. The lowest BCUT2D eigenvalue weighted by molar-refractivity contribution is -0.129. The van der Waals surface area contributed by atoms with Gasteiger partial charge in [0.25, 0.3) is 0 Å². The number of carbonyl (C=O) groups excluding carboxylic acids is 1. The van der Waals surface area contributed by atoms with Gasteiger partial charge in [-0.15, -0.1) is 0 Å². The van der Waals surface area contributed by atoms with Crippen molar-refractivity contribution in [3.63, 3.8) is 0 Å². The Bertz CT molecular complexity index is 457. The van der Waals surface area contributed by atoms with E-state index in [0.717, 1.165) is 11.3 Å². The summed E-state index contributed by atoms with van der Waals surface area (Å²) in [5.41, 5.74) is 8.02. The molecule has 0 unspecified atom stereocenters. The number of hydrogen-bond donors (Lipinski definition) is 1. The van der Waals surface area contributed by atoms with E-state index in [-0.39, 0.29) is 17.9 Å². The molecule has 1 fully saturated rings. The predicted octanol–water partition coefficient (Wildman–Crippen LogP) is 0.223. The molecule has 106 valence electrons. The maximum absolute atomic E-state index is 12.1. The average Bonchev–Trinajstić information content (AvgIpc) is 2.88.